The number of hydrogen-bond donors (Lipinski definition) is 0. The molecule has 28 heavy (non-hydrogen) atoms. The number of halogens is 4. The maximum absolute atomic E-state index is 13.4. The average Bonchev–Trinajstić information content (AvgIpc) is 2.98. The number of fused-ring (bicyclic) bond motifs is 1. The number of hydrogen-bond acceptors (Lipinski definition) is 2. The normalized spacial score (nSPS) is 14.0. The molecule has 0 spiro atoms. The Morgan fingerprint density at radius 2 is 0.929 bits per heavy atom. The molecule has 6 heteroatoms. The van der Waals surface area contributed by atoms with Crippen molar-refractivity contribution in [2.45, 2.75) is 5.92 Å². The summed E-state index contributed by atoms with van der Waals surface area (Å²) in [6.45, 7) is 0. The van der Waals surface area contributed by atoms with Gasteiger partial charge in [0, 0.05) is 5.92 Å². The van der Waals surface area contributed by atoms with Crippen LogP contribution in [-0.2, 0) is 0 Å². The second-order valence-electron chi connectivity index (χ2n) is 6.51. The largest absolute Gasteiger partial charge is 0.293 e. The maximum atomic E-state index is 13.4. The van der Waals surface area contributed by atoms with Crippen LogP contribution in [0.3, 0.4) is 0 Å². The Morgan fingerprint density at radius 1 is 0.571 bits per heavy atom. The molecular weight excluding hydrogens is 438 g/mol. The maximum Gasteiger partial charge on any atom is 0.177 e. The zero-order valence-corrected chi connectivity index (χ0v) is 17.3. The van der Waals surface area contributed by atoms with Gasteiger partial charge in [-0.2, -0.15) is 0 Å². The lowest BCUT2D eigenvalue weighted by Gasteiger charge is -2.22. The molecule has 0 bridgehead atoms. The number of carbonyl (C=O) groups excluding carboxylic acids is 2. The fraction of sp³-hybridized carbons (Fsp3) is 0.0909. The van der Waals surface area contributed by atoms with E-state index in [0.717, 1.165) is 11.1 Å². The molecule has 4 rings (SSSR count). The van der Waals surface area contributed by atoms with E-state index in [2.05, 4.69) is 0 Å². The van der Waals surface area contributed by atoms with E-state index < -0.39 is 23.4 Å². The Hall–Kier alpha value is -1.84. The highest BCUT2D eigenvalue weighted by molar-refractivity contribution is 6.55. The van der Waals surface area contributed by atoms with Crippen LogP contribution in [-0.4, -0.2) is 11.6 Å². The summed E-state index contributed by atoms with van der Waals surface area (Å²) >= 11 is 24.8. The summed E-state index contributed by atoms with van der Waals surface area (Å²) in [6.07, 6.45) is 0. The zero-order chi connectivity index (χ0) is 20.0. The molecule has 0 unspecified atom stereocenters. The van der Waals surface area contributed by atoms with Gasteiger partial charge in [-0.3, -0.25) is 9.59 Å². The highest BCUT2D eigenvalue weighted by Gasteiger charge is 2.47. The molecular formula is C22H12Cl4O2. The van der Waals surface area contributed by atoms with Crippen molar-refractivity contribution in [2.75, 3.05) is 0 Å². The zero-order valence-electron chi connectivity index (χ0n) is 14.3. The van der Waals surface area contributed by atoms with Gasteiger partial charge in [-0.25, -0.2) is 0 Å². The van der Waals surface area contributed by atoms with Gasteiger partial charge in [0.2, 0.25) is 0 Å². The summed E-state index contributed by atoms with van der Waals surface area (Å²) in [4.78, 5) is 26.7. The van der Waals surface area contributed by atoms with Gasteiger partial charge in [0.15, 0.2) is 11.6 Å². The second kappa shape index (κ2) is 7.53. The lowest BCUT2D eigenvalue weighted by atomic mass is 9.78. The molecule has 1 aliphatic rings. The molecule has 0 fully saturated rings. The van der Waals surface area contributed by atoms with E-state index in [0.29, 0.717) is 0 Å². The molecule has 0 N–H and O–H groups in total. The average molecular weight is 450 g/mol. The van der Waals surface area contributed by atoms with Crippen molar-refractivity contribution in [2.24, 2.45) is 5.92 Å². The highest BCUT2D eigenvalue weighted by Crippen LogP contribution is 2.49. The van der Waals surface area contributed by atoms with E-state index in [9.17, 15) is 9.59 Å². The molecule has 0 saturated heterocycles. The SMILES string of the molecule is O=C1c2c(Cl)c(Cl)c(Cl)c(Cl)c2C(=O)C1C(c1ccccc1)c1ccccc1. The summed E-state index contributed by atoms with van der Waals surface area (Å²) in [5.74, 6) is -2.28. The quantitative estimate of drug-likeness (QED) is 0.242. The van der Waals surface area contributed by atoms with E-state index in [4.69, 9.17) is 46.4 Å². The minimum absolute atomic E-state index is 0.0233. The number of ketones is 2. The second-order valence-corrected chi connectivity index (χ2v) is 8.02. The Balaban J connectivity index is 1.94. The van der Waals surface area contributed by atoms with Crippen LogP contribution in [0.15, 0.2) is 60.7 Å². The van der Waals surface area contributed by atoms with Gasteiger partial charge in [-0.1, -0.05) is 107 Å². The van der Waals surface area contributed by atoms with Crippen molar-refractivity contribution in [3.8, 4) is 0 Å². The molecule has 3 aromatic carbocycles. The van der Waals surface area contributed by atoms with Crippen molar-refractivity contribution in [1.29, 1.82) is 0 Å². The lowest BCUT2D eigenvalue weighted by molar-refractivity contribution is 0.0825. The van der Waals surface area contributed by atoms with Crippen molar-refractivity contribution in [3.05, 3.63) is 103 Å². The van der Waals surface area contributed by atoms with Crippen molar-refractivity contribution >= 4 is 58.0 Å². The third-order valence-electron chi connectivity index (χ3n) is 4.98. The van der Waals surface area contributed by atoms with Gasteiger partial charge >= 0.3 is 0 Å². The molecule has 0 radical (unpaired) electrons. The van der Waals surface area contributed by atoms with Crippen LogP contribution in [0.4, 0.5) is 0 Å². The van der Waals surface area contributed by atoms with Gasteiger partial charge in [-0.15, -0.1) is 0 Å². The van der Waals surface area contributed by atoms with E-state index in [1.165, 1.54) is 0 Å². The first-order valence-corrected chi connectivity index (χ1v) is 9.99. The Morgan fingerprint density at radius 3 is 1.29 bits per heavy atom. The smallest absolute Gasteiger partial charge is 0.177 e. The number of carbonyl (C=O) groups is 2. The summed E-state index contributed by atoms with van der Waals surface area (Å²) in [5, 5.41) is -0.117. The minimum atomic E-state index is -0.996. The van der Waals surface area contributed by atoms with Crippen LogP contribution in [0.25, 0.3) is 0 Å². The molecule has 140 valence electrons. The topological polar surface area (TPSA) is 34.1 Å². The summed E-state index contributed by atoms with van der Waals surface area (Å²) in [6, 6.07) is 18.8. The van der Waals surface area contributed by atoms with E-state index in [1.54, 1.807) is 0 Å². The first kappa shape index (κ1) is 19.5. The van der Waals surface area contributed by atoms with E-state index in [1.807, 2.05) is 60.7 Å². The molecule has 1 aliphatic carbocycles. The van der Waals surface area contributed by atoms with Crippen molar-refractivity contribution in [1.82, 2.24) is 0 Å². The van der Waals surface area contributed by atoms with Gasteiger partial charge in [0.25, 0.3) is 0 Å². The summed E-state index contributed by atoms with van der Waals surface area (Å²) in [7, 11) is 0. The third-order valence-corrected chi connectivity index (χ3v) is 6.78. The van der Waals surface area contributed by atoms with Gasteiger partial charge < -0.3 is 0 Å². The fourth-order valence-electron chi connectivity index (χ4n) is 3.73. The van der Waals surface area contributed by atoms with Crippen molar-refractivity contribution in [3.63, 3.8) is 0 Å². The number of benzene rings is 3. The van der Waals surface area contributed by atoms with Crippen LogP contribution in [0.5, 0.6) is 0 Å². The Kier molecular flexibility index (Phi) is 5.24. The van der Waals surface area contributed by atoms with E-state index >= 15 is 0 Å². The Labute approximate surface area is 182 Å². The third kappa shape index (κ3) is 2.96. The Bertz CT molecular complexity index is 1010. The van der Waals surface area contributed by atoms with Crippen LogP contribution in [0.1, 0.15) is 37.8 Å². The van der Waals surface area contributed by atoms with Crippen LogP contribution >= 0.6 is 46.4 Å². The molecule has 0 aromatic heterocycles. The molecule has 3 aromatic rings. The molecule has 0 aliphatic heterocycles. The predicted molar refractivity (Wildman–Crippen MR) is 113 cm³/mol. The first-order chi connectivity index (χ1) is 13.4. The highest BCUT2D eigenvalue weighted by atomic mass is 35.5. The van der Waals surface area contributed by atoms with E-state index in [-0.39, 0.29) is 31.2 Å². The van der Waals surface area contributed by atoms with Crippen LogP contribution in [0, 0.1) is 5.92 Å². The van der Waals surface area contributed by atoms with Gasteiger partial charge in [0.05, 0.1) is 37.1 Å². The first-order valence-electron chi connectivity index (χ1n) is 8.47. The van der Waals surface area contributed by atoms with Gasteiger partial charge in [0.1, 0.15) is 0 Å². The summed E-state index contributed by atoms with van der Waals surface area (Å²) < 4.78 is 0. The van der Waals surface area contributed by atoms with Gasteiger partial charge in [-0.05, 0) is 11.1 Å². The number of Topliss-reactive ketones (excluding diaryl/α,β-unsaturated/α-hetero) is 2. The standard InChI is InChI=1S/C22H12Cl4O2/c23-17-14-15(18(24)20(26)19(17)25)22(28)16(21(14)27)13(11-7-3-1-4-8-11)12-9-5-2-6-10-12/h1-10,13,16H. The van der Waals surface area contributed by atoms with Crippen molar-refractivity contribution < 1.29 is 9.59 Å². The van der Waals surface area contributed by atoms with Crippen LogP contribution < -0.4 is 0 Å². The van der Waals surface area contributed by atoms with Crippen LogP contribution in [0.2, 0.25) is 20.1 Å². The molecule has 0 amide bonds. The lowest BCUT2D eigenvalue weighted by Crippen LogP contribution is -2.25. The minimum Gasteiger partial charge on any atom is -0.293 e. The molecule has 0 heterocycles. The fourth-order valence-corrected chi connectivity index (χ4v) is 4.76. The monoisotopic (exact) mass is 448 g/mol. The number of rotatable bonds is 3. The molecule has 0 saturated carbocycles. The molecule has 0 atom stereocenters. The molecule has 2 nitrogen and oxygen atoms in total. The predicted octanol–water partition coefficient (Wildman–Crippen LogP) is 7.13. The summed E-state index contributed by atoms with van der Waals surface area (Å²) in [5.41, 5.74) is 1.79.